The zero-order chi connectivity index (χ0) is 6.41. The molecule has 0 aromatic rings. The minimum absolute atomic E-state index is 1.12. The van der Waals surface area contributed by atoms with Crippen molar-refractivity contribution in [2.24, 2.45) is 0 Å². The van der Waals surface area contributed by atoms with Gasteiger partial charge in [0.15, 0.2) is 0 Å². The summed E-state index contributed by atoms with van der Waals surface area (Å²) in [7, 11) is 0. The maximum Gasteiger partial charge on any atom is 0.0177 e. The first kappa shape index (κ1) is 7.41. The molecule has 46 valence electrons. The van der Waals surface area contributed by atoms with Crippen molar-refractivity contribution in [1.82, 2.24) is 0 Å². The third-order valence-corrected chi connectivity index (χ3v) is 1.01. The molecule has 0 atom stereocenters. The van der Waals surface area contributed by atoms with Gasteiger partial charge in [0, 0.05) is 6.21 Å². The van der Waals surface area contributed by atoms with Crippen molar-refractivity contribution in [3.63, 3.8) is 0 Å². The first-order valence-corrected chi connectivity index (χ1v) is 2.97. The fraction of sp³-hybridized carbons (Fsp3) is 0.571. The second-order valence-corrected chi connectivity index (χ2v) is 1.93. The van der Waals surface area contributed by atoms with Crippen LogP contribution in [0.25, 0.3) is 0 Å². The first-order chi connectivity index (χ1) is 3.81. The maximum absolute atomic E-state index is 6.71. The Balaban J connectivity index is 3.44. The molecular weight excluding hydrogens is 98.1 g/mol. The summed E-state index contributed by atoms with van der Waals surface area (Å²) in [4.78, 5) is 0. The van der Waals surface area contributed by atoms with Crippen molar-refractivity contribution in [3.8, 4) is 0 Å². The summed E-state index contributed by atoms with van der Waals surface area (Å²) in [6.45, 7) is 4.19. The van der Waals surface area contributed by atoms with Gasteiger partial charge in [-0.25, -0.2) is 0 Å². The number of hydrogen-bond donors (Lipinski definition) is 1. The molecule has 0 saturated carbocycles. The molecule has 0 spiro atoms. The number of hydrogen-bond acceptors (Lipinski definition) is 1. The molecule has 1 nitrogen and oxygen atoms in total. The van der Waals surface area contributed by atoms with Gasteiger partial charge in [0.1, 0.15) is 0 Å². The van der Waals surface area contributed by atoms with E-state index in [0.717, 1.165) is 6.42 Å². The van der Waals surface area contributed by atoms with Gasteiger partial charge in [-0.3, -0.25) is 0 Å². The second kappa shape index (κ2) is 4.57. The van der Waals surface area contributed by atoms with Gasteiger partial charge in [-0.05, 0) is 19.4 Å². The molecule has 8 heavy (non-hydrogen) atoms. The summed E-state index contributed by atoms with van der Waals surface area (Å²) < 4.78 is 0. The minimum atomic E-state index is 1.12. The zero-order valence-corrected chi connectivity index (χ0v) is 5.57. The lowest BCUT2D eigenvalue weighted by Gasteiger charge is -1.91. The summed E-state index contributed by atoms with van der Waals surface area (Å²) in [5, 5.41) is 6.71. The molecule has 0 radical (unpaired) electrons. The van der Waals surface area contributed by atoms with Gasteiger partial charge in [-0.15, -0.1) is 0 Å². The van der Waals surface area contributed by atoms with Gasteiger partial charge in [0.2, 0.25) is 0 Å². The Kier molecular flexibility index (Phi) is 4.23. The van der Waals surface area contributed by atoms with E-state index >= 15 is 0 Å². The van der Waals surface area contributed by atoms with Crippen molar-refractivity contribution in [2.75, 3.05) is 0 Å². The van der Waals surface area contributed by atoms with Gasteiger partial charge in [-0.2, -0.15) is 0 Å². The van der Waals surface area contributed by atoms with Crippen LogP contribution in [0.4, 0.5) is 0 Å². The fourth-order valence-electron chi connectivity index (χ4n) is 0.620. The smallest absolute Gasteiger partial charge is 0.0177 e. The Bertz CT molecular complexity index is 92.6. The van der Waals surface area contributed by atoms with Crippen LogP contribution in [-0.2, 0) is 0 Å². The van der Waals surface area contributed by atoms with E-state index in [1.165, 1.54) is 18.2 Å². The molecular formula is C7H13N. The normalized spacial score (nSPS) is 11.5. The Morgan fingerprint density at radius 1 is 1.62 bits per heavy atom. The fourth-order valence-corrected chi connectivity index (χ4v) is 0.620. The molecule has 0 unspecified atom stereocenters. The Morgan fingerprint density at radius 3 is 2.62 bits per heavy atom. The largest absolute Gasteiger partial charge is 0.309 e. The molecule has 0 aliphatic carbocycles. The van der Waals surface area contributed by atoms with E-state index in [0.29, 0.717) is 0 Å². The molecule has 0 saturated heterocycles. The molecule has 0 fully saturated rings. The summed E-state index contributed by atoms with van der Waals surface area (Å²) in [5.74, 6) is 0. The van der Waals surface area contributed by atoms with Crippen molar-refractivity contribution in [1.29, 1.82) is 5.41 Å². The molecule has 1 heteroatoms. The van der Waals surface area contributed by atoms with Gasteiger partial charge < -0.3 is 5.41 Å². The van der Waals surface area contributed by atoms with Crippen LogP contribution in [0.1, 0.15) is 26.7 Å². The second-order valence-electron chi connectivity index (χ2n) is 1.93. The lowest BCUT2D eigenvalue weighted by Crippen LogP contribution is -1.73. The molecule has 0 rings (SSSR count). The Morgan fingerprint density at radius 2 is 2.25 bits per heavy atom. The minimum Gasteiger partial charge on any atom is -0.309 e. The number of rotatable bonds is 3. The highest BCUT2D eigenvalue weighted by molar-refractivity contribution is 5.68. The maximum atomic E-state index is 6.71. The quantitative estimate of drug-likeness (QED) is 0.541. The topological polar surface area (TPSA) is 23.9 Å². The van der Waals surface area contributed by atoms with Crippen LogP contribution in [0.3, 0.4) is 0 Å². The van der Waals surface area contributed by atoms with Crippen LogP contribution in [0.5, 0.6) is 0 Å². The average Bonchev–Trinajstić information content (AvgIpc) is 1.68. The zero-order valence-electron chi connectivity index (χ0n) is 5.57. The van der Waals surface area contributed by atoms with E-state index in [1.54, 1.807) is 0 Å². The van der Waals surface area contributed by atoms with Crippen LogP contribution in [0, 0.1) is 5.41 Å². The highest BCUT2D eigenvalue weighted by atomic mass is 14.3. The summed E-state index contributed by atoms with van der Waals surface area (Å²) in [6.07, 6.45) is 5.47. The third-order valence-electron chi connectivity index (χ3n) is 1.01. The van der Waals surface area contributed by atoms with Crippen molar-refractivity contribution >= 4 is 6.21 Å². The molecule has 0 bridgehead atoms. The number of allylic oxidation sites excluding steroid dienone is 2. The van der Waals surface area contributed by atoms with Crippen LogP contribution >= 0.6 is 0 Å². The van der Waals surface area contributed by atoms with E-state index in [9.17, 15) is 0 Å². The summed E-state index contributed by atoms with van der Waals surface area (Å²) in [5.41, 5.74) is 1.29. The third kappa shape index (κ3) is 3.59. The lowest BCUT2D eigenvalue weighted by molar-refractivity contribution is 0.907. The molecule has 0 aliphatic heterocycles. The van der Waals surface area contributed by atoms with E-state index in [2.05, 4.69) is 13.8 Å². The van der Waals surface area contributed by atoms with Crippen LogP contribution in [-0.4, -0.2) is 6.21 Å². The average molecular weight is 111 g/mol. The van der Waals surface area contributed by atoms with E-state index in [1.807, 2.05) is 6.08 Å². The van der Waals surface area contributed by atoms with Crippen molar-refractivity contribution < 1.29 is 0 Å². The van der Waals surface area contributed by atoms with Crippen molar-refractivity contribution in [3.05, 3.63) is 11.6 Å². The van der Waals surface area contributed by atoms with Gasteiger partial charge in [0.05, 0.1) is 0 Å². The Labute approximate surface area is 50.9 Å². The predicted octanol–water partition coefficient (Wildman–Crippen LogP) is 2.38. The highest BCUT2D eigenvalue weighted by Crippen LogP contribution is 2.00. The highest BCUT2D eigenvalue weighted by Gasteiger charge is 1.81. The first-order valence-electron chi connectivity index (χ1n) is 2.97. The van der Waals surface area contributed by atoms with Crippen molar-refractivity contribution in [2.45, 2.75) is 26.7 Å². The van der Waals surface area contributed by atoms with Gasteiger partial charge in [0.25, 0.3) is 0 Å². The Hall–Kier alpha value is -0.590. The predicted molar refractivity (Wildman–Crippen MR) is 37.4 cm³/mol. The van der Waals surface area contributed by atoms with Gasteiger partial charge >= 0.3 is 0 Å². The SMILES string of the molecule is CCC/C(C)=C\C=N. The van der Waals surface area contributed by atoms with E-state index in [-0.39, 0.29) is 0 Å². The molecule has 0 aliphatic rings. The van der Waals surface area contributed by atoms with Crippen LogP contribution < -0.4 is 0 Å². The lowest BCUT2D eigenvalue weighted by atomic mass is 10.2. The number of nitrogens with one attached hydrogen (secondary N) is 1. The van der Waals surface area contributed by atoms with E-state index < -0.39 is 0 Å². The van der Waals surface area contributed by atoms with Gasteiger partial charge in [-0.1, -0.05) is 18.9 Å². The molecule has 0 heterocycles. The monoisotopic (exact) mass is 111 g/mol. The molecule has 0 aromatic heterocycles. The standard InChI is InChI=1S/C7H13N/c1-3-4-7(2)5-6-8/h5-6,8H,3-4H2,1-2H3/b7-5-,8-6?. The summed E-state index contributed by atoms with van der Waals surface area (Å²) in [6, 6.07) is 0. The molecule has 0 amide bonds. The van der Waals surface area contributed by atoms with E-state index in [4.69, 9.17) is 5.41 Å². The molecule has 0 aromatic carbocycles. The van der Waals surface area contributed by atoms with Crippen LogP contribution in [0.2, 0.25) is 0 Å². The van der Waals surface area contributed by atoms with Crippen LogP contribution in [0.15, 0.2) is 11.6 Å². The summed E-state index contributed by atoms with van der Waals surface area (Å²) >= 11 is 0. The molecule has 1 N–H and O–H groups in total.